The summed E-state index contributed by atoms with van der Waals surface area (Å²) in [5.41, 5.74) is -3.15. The van der Waals surface area contributed by atoms with Crippen molar-refractivity contribution in [1.29, 1.82) is 0 Å². The molecule has 4 nitrogen and oxygen atoms in total. The van der Waals surface area contributed by atoms with E-state index in [1.807, 2.05) is 0 Å². The fourth-order valence-electron chi connectivity index (χ4n) is 4.39. The zero-order valence-electron chi connectivity index (χ0n) is 41.6. The van der Waals surface area contributed by atoms with Gasteiger partial charge in [-0.25, -0.2) is 15.0 Å². The summed E-state index contributed by atoms with van der Waals surface area (Å²) in [6, 6.07) is -7.55. The lowest BCUT2D eigenvalue weighted by atomic mass is 9.98. The van der Waals surface area contributed by atoms with Crippen molar-refractivity contribution in [2.24, 2.45) is 0 Å². The third-order valence-corrected chi connectivity index (χ3v) is 6.33. The SMILES string of the molecule is [2H]c1ccc2oc3ccc([2H])c(-c4c([2H])c([2H])c(-c5nc(-c6c([2H])c([2H])c([2H])c([2H])c6[2H])nc(-c6c([2H])c([2H])c(-c7c([2H])c([2H])c([2H])c([2H])c7[2H])c([2H])c6[2H])n5)c([2H])c4[2H])c3c2c1. The van der Waals surface area contributed by atoms with Crippen LogP contribution in [0.2, 0.25) is 0 Å². The van der Waals surface area contributed by atoms with E-state index in [1.165, 1.54) is 30.3 Å². The molecule has 0 bridgehead atoms. The molecule has 43 heavy (non-hydrogen) atoms. The predicted octanol–water partition coefficient (Wildman–Crippen LogP) is 10.1. The molecule has 0 saturated heterocycles. The van der Waals surface area contributed by atoms with Crippen LogP contribution in [0, 0.1) is 0 Å². The Bertz CT molecular complexity index is 3250. The molecule has 8 rings (SSSR count). The van der Waals surface area contributed by atoms with Crippen LogP contribution < -0.4 is 0 Å². The second-order valence-corrected chi connectivity index (χ2v) is 8.92. The zero-order chi connectivity index (χ0) is 46.0. The van der Waals surface area contributed by atoms with Gasteiger partial charge in [-0.1, -0.05) is 139 Å². The summed E-state index contributed by atoms with van der Waals surface area (Å²) in [7, 11) is 0. The first-order valence-corrected chi connectivity index (χ1v) is 12.6. The van der Waals surface area contributed by atoms with Gasteiger partial charge in [-0.15, -0.1) is 0 Å². The number of hydrogen-bond acceptors (Lipinski definition) is 4. The predicted molar refractivity (Wildman–Crippen MR) is 174 cm³/mol. The van der Waals surface area contributed by atoms with Crippen molar-refractivity contribution in [2.75, 3.05) is 0 Å². The van der Waals surface area contributed by atoms with Crippen LogP contribution in [0.15, 0.2) is 156 Å². The third-order valence-electron chi connectivity index (χ3n) is 6.33. The molecular formula is C39H25N3O. The molecule has 0 unspecified atom stereocenters. The van der Waals surface area contributed by atoms with Gasteiger partial charge in [-0.05, 0) is 34.4 Å². The maximum absolute atomic E-state index is 9.22. The Morgan fingerprint density at radius 3 is 1.53 bits per heavy atom. The Hall–Kier alpha value is -5.87. The van der Waals surface area contributed by atoms with E-state index in [9.17, 15) is 5.48 Å². The molecule has 4 heteroatoms. The number of furan rings is 1. The highest BCUT2D eigenvalue weighted by atomic mass is 16.3. The molecule has 0 amide bonds. The van der Waals surface area contributed by atoms with Gasteiger partial charge in [0.15, 0.2) is 17.5 Å². The van der Waals surface area contributed by atoms with Gasteiger partial charge >= 0.3 is 0 Å². The third kappa shape index (κ3) is 4.65. The van der Waals surface area contributed by atoms with E-state index in [0.717, 1.165) is 0 Å². The minimum Gasteiger partial charge on any atom is -0.456 e. The van der Waals surface area contributed by atoms with Crippen molar-refractivity contribution in [1.82, 2.24) is 15.0 Å². The van der Waals surface area contributed by atoms with Gasteiger partial charge in [-0.3, -0.25) is 0 Å². The van der Waals surface area contributed by atoms with Crippen LogP contribution in [0.1, 0.15) is 27.4 Å². The lowest BCUT2D eigenvalue weighted by Gasteiger charge is -2.10. The average Bonchev–Trinajstić information content (AvgIpc) is 3.62. The molecule has 202 valence electrons. The minimum absolute atomic E-state index is 0.0561. The number of hydrogen-bond donors (Lipinski definition) is 0. The monoisotopic (exact) mass is 571 g/mol. The van der Waals surface area contributed by atoms with Gasteiger partial charge in [0.05, 0.1) is 27.4 Å². The Morgan fingerprint density at radius 2 is 0.907 bits per heavy atom. The van der Waals surface area contributed by atoms with E-state index in [-0.39, 0.29) is 34.2 Å². The molecule has 6 aromatic carbocycles. The van der Waals surface area contributed by atoms with Crippen LogP contribution in [0.25, 0.3) is 78.4 Å². The summed E-state index contributed by atoms with van der Waals surface area (Å²) in [5.74, 6) is -2.22. The second-order valence-electron chi connectivity index (χ2n) is 8.92. The Labute approximate surface area is 277 Å². The summed E-state index contributed by atoms with van der Waals surface area (Å²) < 4.78 is 179. The highest BCUT2D eigenvalue weighted by Crippen LogP contribution is 2.37. The van der Waals surface area contributed by atoms with Gasteiger partial charge in [0.25, 0.3) is 0 Å². The number of aromatic nitrogens is 3. The lowest BCUT2D eigenvalue weighted by Crippen LogP contribution is -2.00. The fraction of sp³-hybridized carbons (Fsp3) is 0. The molecule has 0 radical (unpaired) electrons. The molecule has 0 N–H and O–H groups in total. The standard InChI is InChI=1S/C39H25N3O/c1-3-10-26(11-4-1)27-18-22-30(23-19-27)38-40-37(29-12-5-2-6-13-29)41-39(42-38)31-24-20-28(21-25-31)32-15-9-17-35-36(32)33-14-7-8-16-34(33)43-35/h1-25H/i1D,2D,3D,4D,5D,6D,7D,10D,11D,12D,13D,15D,18D,19D,20D,21D,22D,23D,24D,25D. The van der Waals surface area contributed by atoms with Crippen molar-refractivity contribution in [3.05, 3.63) is 151 Å². The van der Waals surface area contributed by atoms with E-state index in [0.29, 0.717) is 11.0 Å². The normalized spacial score (nSPS) is 17.8. The smallest absolute Gasteiger partial charge is 0.164 e. The molecule has 2 aromatic heterocycles. The molecule has 0 atom stereocenters. The van der Waals surface area contributed by atoms with Crippen LogP contribution in [0.5, 0.6) is 0 Å². The fourth-order valence-corrected chi connectivity index (χ4v) is 4.39. The Balaban J connectivity index is 1.45. The number of para-hydroxylation sites is 1. The number of benzene rings is 6. The summed E-state index contributed by atoms with van der Waals surface area (Å²) in [6.07, 6.45) is 0. The first-order valence-electron chi connectivity index (χ1n) is 22.6. The van der Waals surface area contributed by atoms with E-state index in [1.54, 1.807) is 0 Å². The van der Waals surface area contributed by atoms with Crippen molar-refractivity contribution < 1.29 is 31.8 Å². The maximum atomic E-state index is 9.22. The Morgan fingerprint density at radius 1 is 0.419 bits per heavy atom. The van der Waals surface area contributed by atoms with Gasteiger partial charge in [0, 0.05) is 27.5 Å². The highest BCUT2D eigenvalue weighted by Gasteiger charge is 2.15. The van der Waals surface area contributed by atoms with Crippen LogP contribution in [0.3, 0.4) is 0 Å². The zero-order valence-corrected chi connectivity index (χ0v) is 21.6. The van der Waals surface area contributed by atoms with E-state index in [2.05, 4.69) is 15.0 Å². The topological polar surface area (TPSA) is 51.8 Å². The molecule has 0 spiro atoms. The van der Waals surface area contributed by atoms with Crippen molar-refractivity contribution in [3.8, 4) is 56.4 Å². The van der Waals surface area contributed by atoms with Gasteiger partial charge in [-0.2, -0.15) is 0 Å². The first kappa shape index (κ1) is 11.8. The second kappa shape index (κ2) is 10.5. The van der Waals surface area contributed by atoms with Crippen LogP contribution >= 0.6 is 0 Å². The maximum Gasteiger partial charge on any atom is 0.164 e. The van der Waals surface area contributed by atoms with Gasteiger partial charge in [0.2, 0.25) is 0 Å². The quantitative estimate of drug-likeness (QED) is 0.206. The molecule has 0 aliphatic rings. The van der Waals surface area contributed by atoms with E-state index < -0.39 is 154 Å². The molecule has 0 aliphatic carbocycles. The minimum atomic E-state index is -0.920. The number of fused-ring (bicyclic) bond motifs is 3. The highest BCUT2D eigenvalue weighted by molar-refractivity contribution is 6.12. The number of rotatable bonds is 5. The lowest BCUT2D eigenvalue weighted by molar-refractivity contribution is 0.669. The molecule has 2 heterocycles. The van der Waals surface area contributed by atoms with Crippen molar-refractivity contribution in [2.45, 2.75) is 0 Å². The summed E-state index contributed by atoms with van der Waals surface area (Å²) in [4.78, 5) is 12.8. The average molecular weight is 572 g/mol. The Kier molecular flexibility index (Phi) is 2.88. The van der Waals surface area contributed by atoms with Crippen molar-refractivity contribution >= 4 is 21.9 Å². The summed E-state index contributed by atoms with van der Waals surface area (Å²) in [6.45, 7) is 0. The van der Waals surface area contributed by atoms with Crippen LogP contribution in [0.4, 0.5) is 0 Å². The summed E-state index contributed by atoms with van der Waals surface area (Å²) in [5, 5.41) is 0.604. The van der Waals surface area contributed by atoms with Crippen LogP contribution in [-0.4, -0.2) is 15.0 Å². The first-order chi connectivity index (χ1) is 29.6. The molecule has 8 aromatic rings. The molecule has 0 saturated carbocycles. The molecule has 0 aliphatic heterocycles. The van der Waals surface area contributed by atoms with Gasteiger partial charge < -0.3 is 4.42 Å². The van der Waals surface area contributed by atoms with E-state index in [4.69, 9.17) is 26.3 Å². The van der Waals surface area contributed by atoms with Gasteiger partial charge in [0.1, 0.15) is 11.2 Å². The summed E-state index contributed by atoms with van der Waals surface area (Å²) >= 11 is 0. The molecule has 0 fully saturated rings. The molecular weight excluding hydrogens is 526 g/mol. The largest absolute Gasteiger partial charge is 0.456 e. The van der Waals surface area contributed by atoms with E-state index >= 15 is 0 Å². The van der Waals surface area contributed by atoms with Crippen molar-refractivity contribution in [3.63, 3.8) is 0 Å². The van der Waals surface area contributed by atoms with Crippen LogP contribution in [-0.2, 0) is 0 Å². The number of nitrogens with zero attached hydrogens (tertiary/aromatic N) is 3.